The molecule has 0 saturated heterocycles. The van der Waals surface area contributed by atoms with Gasteiger partial charge in [-0.3, -0.25) is 4.79 Å². The highest BCUT2D eigenvalue weighted by Gasteiger charge is 2.23. The molecule has 0 spiro atoms. The van der Waals surface area contributed by atoms with Crippen LogP contribution in [0.4, 0.5) is 8.78 Å². The molecule has 0 aliphatic rings. The number of alkyl halides is 1. The molecule has 0 heterocycles. The molecule has 1 aromatic rings. The van der Waals surface area contributed by atoms with Gasteiger partial charge in [-0.15, -0.1) is 11.6 Å². The molecule has 0 N–H and O–H groups in total. The van der Waals surface area contributed by atoms with E-state index in [4.69, 9.17) is 11.6 Å². The molecule has 0 aliphatic heterocycles. The first-order valence-electron chi connectivity index (χ1n) is 4.24. The van der Waals surface area contributed by atoms with E-state index in [0.29, 0.717) is 0 Å². The van der Waals surface area contributed by atoms with E-state index >= 15 is 0 Å². The van der Waals surface area contributed by atoms with Gasteiger partial charge < -0.3 is 4.90 Å². The normalized spacial score (nSPS) is 12.3. The molecule has 5 heteroatoms. The van der Waals surface area contributed by atoms with Gasteiger partial charge in [0.2, 0.25) is 5.91 Å². The summed E-state index contributed by atoms with van der Waals surface area (Å²) in [6.07, 6.45) is 0. The minimum atomic E-state index is -1.20. The summed E-state index contributed by atoms with van der Waals surface area (Å²) in [5, 5.41) is -1.20. The van der Waals surface area contributed by atoms with Crippen LogP contribution in [0.15, 0.2) is 18.2 Å². The molecule has 82 valence electrons. The van der Waals surface area contributed by atoms with Crippen molar-refractivity contribution >= 4 is 17.5 Å². The van der Waals surface area contributed by atoms with Gasteiger partial charge in [0.05, 0.1) is 0 Å². The van der Waals surface area contributed by atoms with Gasteiger partial charge in [-0.1, -0.05) is 12.1 Å². The molecule has 0 radical (unpaired) electrons. The second-order valence-corrected chi connectivity index (χ2v) is 3.67. The molecule has 0 saturated carbocycles. The Morgan fingerprint density at radius 3 is 2.53 bits per heavy atom. The number of hydrogen-bond donors (Lipinski definition) is 0. The topological polar surface area (TPSA) is 20.3 Å². The van der Waals surface area contributed by atoms with E-state index in [-0.39, 0.29) is 5.56 Å². The third-order valence-electron chi connectivity index (χ3n) is 1.91. The van der Waals surface area contributed by atoms with Gasteiger partial charge in [-0.2, -0.15) is 0 Å². The smallest absolute Gasteiger partial charge is 0.244 e. The van der Waals surface area contributed by atoms with Crippen LogP contribution in [-0.2, 0) is 4.79 Å². The number of carbonyl (C=O) groups excluding carboxylic acids is 1. The monoisotopic (exact) mass is 233 g/mol. The largest absolute Gasteiger partial charge is 0.347 e. The van der Waals surface area contributed by atoms with Crippen LogP contribution in [0.3, 0.4) is 0 Å². The molecule has 2 nitrogen and oxygen atoms in total. The Kier molecular flexibility index (Phi) is 3.63. The Balaban J connectivity index is 3.06. The fourth-order valence-corrected chi connectivity index (χ4v) is 1.44. The highest BCUT2D eigenvalue weighted by Crippen LogP contribution is 2.25. The number of amides is 1. The van der Waals surface area contributed by atoms with Gasteiger partial charge in [-0.25, -0.2) is 8.78 Å². The maximum absolute atomic E-state index is 13.2. The van der Waals surface area contributed by atoms with Gasteiger partial charge in [0.15, 0.2) is 11.6 Å². The molecule has 1 amide bonds. The maximum Gasteiger partial charge on any atom is 0.244 e. The second-order valence-electron chi connectivity index (χ2n) is 3.24. The van der Waals surface area contributed by atoms with E-state index < -0.39 is 22.9 Å². The molecule has 0 bridgehead atoms. The highest BCUT2D eigenvalue weighted by atomic mass is 35.5. The van der Waals surface area contributed by atoms with Gasteiger partial charge in [-0.05, 0) is 6.07 Å². The molecule has 1 atom stereocenters. The molecule has 15 heavy (non-hydrogen) atoms. The third kappa shape index (κ3) is 2.45. The lowest BCUT2D eigenvalue weighted by atomic mass is 10.1. The molecule has 0 aliphatic carbocycles. The summed E-state index contributed by atoms with van der Waals surface area (Å²) in [5.74, 6) is -2.57. The summed E-state index contributed by atoms with van der Waals surface area (Å²) in [6.45, 7) is 0. The average molecular weight is 234 g/mol. The number of hydrogen-bond acceptors (Lipinski definition) is 1. The number of carbonyl (C=O) groups is 1. The highest BCUT2D eigenvalue weighted by molar-refractivity contribution is 6.30. The first-order chi connectivity index (χ1) is 6.95. The van der Waals surface area contributed by atoms with E-state index in [0.717, 1.165) is 6.07 Å². The van der Waals surface area contributed by atoms with Crippen molar-refractivity contribution in [3.8, 4) is 0 Å². The second kappa shape index (κ2) is 4.57. The first kappa shape index (κ1) is 11.9. The van der Waals surface area contributed by atoms with Gasteiger partial charge in [0, 0.05) is 19.7 Å². The van der Waals surface area contributed by atoms with Crippen molar-refractivity contribution in [3.63, 3.8) is 0 Å². The number of nitrogens with zero attached hydrogens (tertiary/aromatic N) is 1. The van der Waals surface area contributed by atoms with Crippen molar-refractivity contribution in [2.24, 2.45) is 0 Å². The number of halogens is 3. The molecule has 1 aromatic carbocycles. The number of rotatable bonds is 2. The van der Waals surface area contributed by atoms with Crippen LogP contribution in [-0.4, -0.2) is 24.9 Å². The Bertz CT molecular complexity index is 382. The van der Waals surface area contributed by atoms with Gasteiger partial charge in [0.25, 0.3) is 0 Å². The fraction of sp³-hybridized carbons (Fsp3) is 0.300. The summed E-state index contributed by atoms with van der Waals surface area (Å²) in [5.41, 5.74) is -0.143. The van der Waals surface area contributed by atoms with Crippen LogP contribution in [0.5, 0.6) is 0 Å². The first-order valence-corrected chi connectivity index (χ1v) is 4.68. The minimum Gasteiger partial charge on any atom is -0.347 e. The van der Waals surface area contributed by atoms with E-state index in [1.54, 1.807) is 0 Å². The van der Waals surface area contributed by atoms with Crippen molar-refractivity contribution < 1.29 is 13.6 Å². The Morgan fingerprint density at radius 1 is 1.40 bits per heavy atom. The van der Waals surface area contributed by atoms with Gasteiger partial charge >= 0.3 is 0 Å². The predicted molar refractivity (Wildman–Crippen MR) is 53.6 cm³/mol. The van der Waals surface area contributed by atoms with Crippen LogP contribution in [0.25, 0.3) is 0 Å². The Morgan fingerprint density at radius 2 is 2.00 bits per heavy atom. The molecular weight excluding hydrogens is 224 g/mol. The Labute approximate surface area is 91.4 Å². The molecule has 0 aromatic heterocycles. The lowest BCUT2D eigenvalue weighted by molar-refractivity contribution is -0.128. The summed E-state index contributed by atoms with van der Waals surface area (Å²) < 4.78 is 26.1. The van der Waals surface area contributed by atoms with Crippen LogP contribution in [0, 0.1) is 11.6 Å². The summed E-state index contributed by atoms with van der Waals surface area (Å²) in [4.78, 5) is 12.6. The quantitative estimate of drug-likeness (QED) is 0.718. The van der Waals surface area contributed by atoms with E-state index in [1.165, 1.54) is 31.1 Å². The van der Waals surface area contributed by atoms with Crippen molar-refractivity contribution in [2.45, 2.75) is 5.38 Å². The lowest BCUT2D eigenvalue weighted by Gasteiger charge is -2.15. The summed E-state index contributed by atoms with van der Waals surface area (Å²) in [7, 11) is 2.99. The zero-order valence-corrected chi connectivity index (χ0v) is 9.05. The summed E-state index contributed by atoms with van der Waals surface area (Å²) in [6, 6.07) is 3.58. The fourth-order valence-electron chi connectivity index (χ4n) is 1.08. The van der Waals surface area contributed by atoms with Crippen LogP contribution >= 0.6 is 11.6 Å². The van der Waals surface area contributed by atoms with Crippen molar-refractivity contribution in [3.05, 3.63) is 35.4 Å². The van der Waals surface area contributed by atoms with Crippen LogP contribution < -0.4 is 0 Å². The summed E-state index contributed by atoms with van der Waals surface area (Å²) >= 11 is 5.73. The third-order valence-corrected chi connectivity index (χ3v) is 2.33. The zero-order chi connectivity index (χ0) is 11.6. The molecule has 1 rings (SSSR count). The van der Waals surface area contributed by atoms with Crippen LogP contribution in [0.1, 0.15) is 10.9 Å². The molecule has 1 unspecified atom stereocenters. The van der Waals surface area contributed by atoms with Crippen molar-refractivity contribution in [1.82, 2.24) is 4.90 Å². The van der Waals surface area contributed by atoms with Crippen molar-refractivity contribution in [2.75, 3.05) is 14.1 Å². The van der Waals surface area contributed by atoms with E-state index in [9.17, 15) is 13.6 Å². The molecule has 0 fully saturated rings. The zero-order valence-electron chi connectivity index (χ0n) is 8.30. The standard InChI is InChI=1S/C10H10ClF2NO/c1-14(2)10(15)8(11)6-4-3-5-7(12)9(6)13/h3-5,8H,1-2H3. The SMILES string of the molecule is CN(C)C(=O)C(Cl)c1cccc(F)c1F. The molecular formula is C10H10ClF2NO. The van der Waals surface area contributed by atoms with Crippen molar-refractivity contribution in [1.29, 1.82) is 0 Å². The number of benzene rings is 1. The minimum absolute atomic E-state index is 0.143. The van der Waals surface area contributed by atoms with E-state index in [1.807, 2.05) is 0 Å². The Hall–Kier alpha value is -1.16. The van der Waals surface area contributed by atoms with Crippen LogP contribution in [0.2, 0.25) is 0 Å². The van der Waals surface area contributed by atoms with Gasteiger partial charge in [0.1, 0.15) is 5.38 Å². The average Bonchev–Trinajstić information content (AvgIpc) is 2.20. The van der Waals surface area contributed by atoms with E-state index in [2.05, 4.69) is 0 Å². The number of likely N-dealkylation sites (N-methyl/N-ethyl adjacent to an activating group) is 1. The maximum atomic E-state index is 13.2. The predicted octanol–water partition coefficient (Wildman–Crippen LogP) is 2.33. The lowest BCUT2D eigenvalue weighted by Crippen LogP contribution is -2.26.